The van der Waals surface area contributed by atoms with Crippen molar-refractivity contribution in [2.24, 2.45) is 17.8 Å². The van der Waals surface area contributed by atoms with Gasteiger partial charge in [0.2, 0.25) is 0 Å². The lowest BCUT2D eigenvalue weighted by molar-refractivity contribution is -0.153. The van der Waals surface area contributed by atoms with Crippen molar-refractivity contribution in [2.75, 3.05) is 26.3 Å². The molecule has 17 heavy (non-hydrogen) atoms. The molecule has 0 N–H and O–H groups in total. The van der Waals surface area contributed by atoms with Crippen molar-refractivity contribution in [3.05, 3.63) is 0 Å². The fraction of sp³-hybridized carbons (Fsp3) is 0.867. The van der Waals surface area contributed by atoms with Crippen molar-refractivity contribution in [1.29, 1.82) is 0 Å². The Morgan fingerprint density at radius 2 is 2.18 bits per heavy atom. The number of piperidine rings is 1. The minimum atomic E-state index is 0.169. The summed E-state index contributed by atoms with van der Waals surface area (Å²) in [6.07, 6.45) is 7.66. The van der Waals surface area contributed by atoms with E-state index in [1.165, 1.54) is 19.5 Å². The van der Waals surface area contributed by atoms with E-state index in [9.17, 15) is 0 Å². The lowest BCUT2D eigenvalue weighted by atomic mass is 9.77. The van der Waals surface area contributed by atoms with Crippen LogP contribution in [0.15, 0.2) is 0 Å². The van der Waals surface area contributed by atoms with Crippen LogP contribution in [-0.2, 0) is 4.74 Å². The highest BCUT2D eigenvalue weighted by atomic mass is 16.5. The van der Waals surface area contributed by atoms with Gasteiger partial charge in [-0.05, 0) is 30.7 Å². The molecule has 0 bridgehead atoms. The highest BCUT2D eigenvalue weighted by Gasteiger charge is 2.46. The van der Waals surface area contributed by atoms with E-state index in [0.29, 0.717) is 0 Å². The van der Waals surface area contributed by atoms with E-state index >= 15 is 0 Å². The maximum Gasteiger partial charge on any atom is 0.0788 e. The lowest BCUT2D eigenvalue weighted by Gasteiger charge is -2.53. The molecule has 96 valence electrons. The van der Waals surface area contributed by atoms with Gasteiger partial charge in [0.15, 0.2) is 0 Å². The lowest BCUT2D eigenvalue weighted by Crippen LogP contribution is -2.65. The number of hydrogen-bond acceptors (Lipinski definition) is 2. The molecule has 0 aliphatic carbocycles. The Bertz CT molecular complexity index is 301. The quantitative estimate of drug-likeness (QED) is 0.696. The van der Waals surface area contributed by atoms with Crippen LogP contribution in [0.3, 0.4) is 0 Å². The predicted molar refractivity (Wildman–Crippen MR) is 70.7 cm³/mol. The van der Waals surface area contributed by atoms with Gasteiger partial charge in [-0.1, -0.05) is 20.8 Å². The van der Waals surface area contributed by atoms with Crippen molar-refractivity contribution in [3.63, 3.8) is 0 Å². The molecule has 2 heterocycles. The van der Waals surface area contributed by atoms with Gasteiger partial charge in [0.25, 0.3) is 0 Å². The molecular formula is C15H25NO. The Hall–Kier alpha value is -0.520. The van der Waals surface area contributed by atoms with Crippen molar-refractivity contribution < 1.29 is 4.74 Å². The first-order valence-corrected chi connectivity index (χ1v) is 6.85. The molecule has 0 aromatic heterocycles. The molecule has 0 aromatic rings. The summed E-state index contributed by atoms with van der Waals surface area (Å²) in [6, 6.07) is 0. The summed E-state index contributed by atoms with van der Waals surface area (Å²) in [4.78, 5) is 2.61. The second-order valence-corrected chi connectivity index (χ2v) is 6.22. The first kappa shape index (κ1) is 12.9. The molecule has 0 saturated carbocycles. The van der Waals surface area contributed by atoms with Crippen LogP contribution < -0.4 is 0 Å². The first-order chi connectivity index (χ1) is 8.09. The molecule has 2 unspecified atom stereocenters. The topological polar surface area (TPSA) is 12.5 Å². The standard InChI is InChI=1S/C15H25NO/c1-5-7-15(10-17-11-15)16-8-6-13(4)14(9-16)12(2)3/h1,12-14H,6-11H2,2-4H3. The van der Waals surface area contributed by atoms with Crippen molar-refractivity contribution in [3.8, 4) is 12.3 Å². The first-order valence-electron chi connectivity index (χ1n) is 6.85. The van der Waals surface area contributed by atoms with E-state index in [1.807, 2.05) is 0 Å². The minimum absolute atomic E-state index is 0.169. The summed E-state index contributed by atoms with van der Waals surface area (Å²) in [5.74, 6) is 5.25. The third-order valence-corrected chi connectivity index (χ3v) is 4.72. The van der Waals surface area contributed by atoms with Crippen LogP contribution in [0, 0.1) is 30.1 Å². The van der Waals surface area contributed by atoms with Crippen molar-refractivity contribution in [2.45, 2.75) is 39.2 Å². The highest BCUT2D eigenvalue weighted by molar-refractivity contribution is 5.06. The molecule has 2 atom stereocenters. The average Bonchev–Trinajstić information content (AvgIpc) is 2.24. The van der Waals surface area contributed by atoms with Gasteiger partial charge in [0.1, 0.15) is 0 Å². The summed E-state index contributed by atoms with van der Waals surface area (Å²) in [5, 5.41) is 0. The van der Waals surface area contributed by atoms with Gasteiger partial charge < -0.3 is 4.74 Å². The predicted octanol–water partition coefficient (Wildman–Crippen LogP) is 2.39. The molecule has 2 heteroatoms. The summed E-state index contributed by atoms with van der Waals surface area (Å²) in [5.41, 5.74) is 0.169. The third kappa shape index (κ3) is 2.37. The zero-order valence-corrected chi connectivity index (χ0v) is 11.4. The van der Waals surface area contributed by atoms with Crippen LogP contribution in [-0.4, -0.2) is 36.7 Å². The van der Waals surface area contributed by atoms with Gasteiger partial charge in [-0.2, -0.15) is 0 Å². The van der Waals surface area contributed by atoms with Crippen LogP contribution in [0.4, 0.5) is 0 Å². The van der Waals surface area contributed by atoms with Crippen LogP contribution in [0.1, 0.15) is 33.6 Å². The Morgan fingerprint density at radius 3 is 2.65 bits per heavy atom. The number of terminal acetylenes is 1. The van der Waals surface area contributed by atoms with E-state index in [-0.39, 0.29) is 5.54 Å². The monoisotopic (exact) mass is 235 g/mol. The Balaban J connectivity index is 2.05. The highest BCUT2D eigenvalue weighted by Crippen LogP contribution is 2.36. The van der Waals surface area contributed by atoms with E-state index < -0.39 is 0 Å². The molecule has 2 fully saturated rings. The summed E-state index contributed by atoms with van der Waals surface area (Å²) in [7, 11) is 0. The van der Waals surface area contributed by atoms with Crippen LogP contribution in [0.2, 0.25) is 0 Å². The number of hydrogen-bond donors (Lipinski definition) is 0. The van der Waals surface area contributed by atoms with Gasteiger partial charge in [0.05, 0.1) is 18.8 Å². The third-order valence-electron chi connectivity index (χ3n) is 4.72. The zero-order valence-electron chi connectivity index (χ0n) is 11.4. The molecule has 2 saturated heterocycles. The second kappa shape index (κ2) is 5.00. The van der Waals surface area contributed by atoms with Gasteiger partial charge >= 0.3 is 0 Å². The molecule has 0 radical (unpaired) electrons. The largest absolute Gasteiger partial charge is 0.377 e. The van der Waals surface area contributed by atoms with E-state index in [1.54, 1.807) is 0 Å². The average molecular weight is 235 g/mol. The molecular weight excluding hydrogens is 210 g/mol. The van der Waals surface area contributed by atoms with Crippen molar-refractivity contribution in [1.82, 2.24) is 4.90 Å². The van der Waals surface area contributed by atoms with Crippen LogP contribution >= 0.6 is 0 Å². The van der Waals surface area contributed by atoms with E-state index in [0.717, 1.165) is 37.4 Å². The smallest absolute Gasteiger partial charge is 0.0788 e. The van der Waals surface area contributed by atoms with Gasteiger partial charge in [-0.15, -0.1) is 12.3 Å². The van der Waals surface area contributed by atoms with Gasteiger partial charge in [-0.25, -0.2) is 0 Å². The molecule has 2 aliphatic heterocycles. The Labute approximate surface area is 106 Å². The number of nitrogens with zero attached hydrogens (tertiary/aromatic N) is 1. The van der Waals surface area contributed by atoms with Gasteiger partial charge in [0, 0.05) is 13.0 Å². The van der Waals surface area contributed by atoms with Crippen molar-refractivity contribution >= 4 is 0 Å². The molecule has 2 rings (SSSR count). The fourth-order valence-electron chi connectivity index (χ4n) is 3.32. The maximum atomic E-state index is 5.52. The Morgan fingerprint density at radius 1 is 1.47 bits per heavy atom. The van der Waals surface area contributed by atoms with E-state index in [2.05, 4.69) is 31.6 Å². The second-order valence-electron chi connectivity index (χ2n) is 6.22. The van der Waals surface area contributed by atoms with Crippen LogP contribution in [0.5, 0.6) is 0 Å². The number of ether oxygens (including phenoxy) is 1. The minimum Gasteiger partial charge on any atom is -0.377 e. The van der Waals surface area contributed by atoms with E-state index in [4.69, 9.17) is 11.2 Å². The summed E-state index contributed by atoms with van der Waals surface area (Å²) in [6.45, 7) is 11.1. The summed E-state index contributed by atoms with van der Waals surface area (Å²) < 4.78 is 5.43. The molecule has 0 amide bonds. The molecule has 0 aromatic carbocycles. The molecule has 2 nitrogen and oxygen atoms in total. The van der Waals surface area contributed by atoms with Crippen LogP contribution in [0.25, 0.3) is 0 Å². The normalized spacial score (nSPS) is 33.1. The SMILES string of the molecule is C#CCC1(N2CCC(C)C(C(C)C)C2)COC1. The van der Waals surface area contributed by atoms with Gasteiger partial charge in [-0.3, -0.25) is 4.90 Å². The molecule has 2 aliphatic rings. The number of likely N-dealkylation sites (tertiary alicyclic amines) is 1. The summed E-state index contributed by atoms with van der Waals surface area (Å²) >= 11 is 0. The molecule has 0 spiro atoms. The fourth-order valence-corrected chi connectivity index (χ4v) is 3.32. The zero-order chi connectivity index (χ0) is 12.5. The number of rotatable bonds is 3. The maximum absolute atomic E-state index is 5.52. The Kier molecular flexibility index (Phi) is 3.80.